The highest BCUT2D eigenvalue weighted by Crippen LogP contribution is 2.33. The summed E-state index contributed by atoms with van der Waals surface area (Å²) in [5.41, 5.74) is -0.257. The average molecular weight is 505 g/mol. The molecule has 0 aromatic carbocycles. The Hall–Kier alpha value is -3.53. The Kier molecular flexibility index (Phi) is 6.75. The van der Waals surface area contributed by atoms with Gasteiger partial charge in [0.1, 0.15) is 6.10 Å². The highest BCUT2D eigenvalue weighted by Gasteiger charge is 2.42. The largest absolute Gasteiger partial charge is 0.522 e. The lowest BCUT2D eigenvalue weighted by Gasteiger charge is -2.16. The average Bonchev–Trinajstić information content (AvgIpc) is 3.47. The van der Waals surface area contributed by atoms with Crippen molar-refractivity contribution in [1.29, 1.82) is 0 Å². The number of carbonyl (C=O) groups is 1. The van der Waals surface area contributed by atoms with Gasteiger partial charge >= 0.3 is 12.5 Å². The van der Waals surface area contributed by atoms with Gasteiger partial charge in [-0.05, 0) is 13.8 Å². The van der Waals surface area contributed by atoms with Gasteiger partial charge in [0.05, 0.1) is 30.8 Å². The molecule has 16 heteroatoms. The van der Waals surface area contributed by atoms with Crippen LogP contribution in [0.5, 0.6) is 0 Å². The number of alkyl carbamates (subject to hydrolysis) is 1. The van der Waals surface area contributed by atoms with Crippen LogP contribution in [0.25, 0.3) is 5.65 Å². The maximum absolute atomic E-state index is 14.8. The predicted octanol–water partition coefficient (Wildman–Crippen LogP) is 3.28. The van der Waals surface area contributed by atoms with Crippen molar-refractivity contribution in [3.63, 3.8) is 0 Å². The number of ether oxygens (including phenoxy) is 3. The number of nitrogens with zero attached hydrogens (tertiary/aromatic N) is 4. The monoisotopic (exact) mass is 505 g/mol. The van der Waals surface area contributed by atoms with Gasteiger partial charge in [-0.1, -0.05) is 0 Å². The molecule has 0 radical (unpaired) electrons. The van der Waals surface area contributed by atoms with E-state index in [-0.39, 0.29) is 41.4 Å². The molecular weight excluding hydrogens is 485 g/mol. The molecule has 1 aliphatic heterocycles. The molecule has 3 N–H and O–H groups in total. The van der Waals surface area contributed by atoms with Crippen LogP contribution in [0.1, 0.15) is 31.3 Å². The first-order chi connectivity index (χ1) is 16.5. The Labute approximate surface area is 194 Å². The first-order valence-electron chi connectivity index (χ1n) is 10.3. The molecular formula is C19H20F5N7O4. The molecule has 0 saturated carbocycles. The second-order valence-corrected chi connectivity index (χ2v) is 7.86. The van der Waals surface area contributed by atoms with Crippen LogP contribution in [0.3, 0.4) is 0 Å². The van der Waals surface area contributed by atoms with Crippen molar-refractivity contribution in [3.8, 4) is 0 Å². The summed E-state index contributed by atoms with van der Waals surface area (Å²) >= 11 is 0. The van der Waals surface area contributed by atoms with Crippen LogP contribution in [0.15, 0.2) is 18.5 Å². The van der Waals surface area contributed by atoms with Crippen molar-refractivity contribution >= 4 is 23.5 Å². The van der Waals surface area contributed by atoms with E-state index in [1.807, 2.05) is 0 Å². The van der Waals surface area contributed by atoms with Crippen molar-refractivity contribution in [3.05, 3.63) is 35.7 Å². The summed E-state index contributed by atoms with van der Waals surface area (Å²) in [6.45, 7) is 2.36. The minimum Gasteiger partial charge on any atom is -0.441 e. The standard InChI is InChI=1S/C19H20F5N7O4/c1-8(2)26-18(32)35-12-7-33-15(14(12)21)11-3-13(30-29-11)28-17-25-4-10(20)16-27-9(5-31(16)17)6-34-19(22,23)24/h3-5,8,12,14-15H,6-7H2,1-2H3,(H,26,32)(H2,25,28,29,30)/t12-,14-,15-/m0/s1. The summed E-state index contributed by atoms with van der Waals surface area (Å²) in [5.74, 6) is -0.774. The van der Waals surface area contributed by atoms with Gasteiger partial charge in [0, 0.05) is 18.3 Å². The van der Waals surface area contributed by atoms with Gasteiger partial charge in [0.15, 0.2) is 29.6 Å². The first-order valence-corrected chi connectivity index (χ1v) is 10.3. The molecule has 1 amide bonds. The molecule has 3 atom stereocenters. The summed E-state index contributed by atoms with van der Waals surface area (Å²) in [7, 11) is 0. The summed E-state index contributed by atoms with van der Waals surface area (Å²) in [6.07, 6.45) is -7.60. The normalized spacial score (nSPS) is 20.5. The third-order valence-corrected chi connectivity index (χ3v) is 4.77. The number of amides is 1. The fourth-order valence-corrected chi connectivity index (χ4v) is 3.32. The van der Waals surface area contributed by atoms with E-state index in [2.05, 4.69) is 35.5 Å². The van der Waals surface area contributed by atoms with E-state index in [1.165, 1.54) is 6.07 Å². The van der Waals surface area contributed by atoms with E-state index >= 15 is 0 Å². The number of carbonyl (C=O) groups excluding carboxylic acids is 1. The number of rotatable bonds is 7. The Balaban J connectivity index is 1.46. The Morgan fingerprint density at radius 2 is 2.17 bits per heavy atom. The second kappa shape index (κ2) is 9.61. The number of H-pyrrole nitrogens is 1. The molecule has 1 aliphatic rings. The van der Waals surface area contributed by atoms with E-state index in [0.29, 0.717) is 0 Å². The van der Waals surface area contributed by atoms with E-state index < -0.39 is 43.3 Å². The molecule has 4 rings (SSSR count). The molecule has 0 spiro atoms. The van der Waals surface area contributed by atoms with Crippen molar-refractivity contribution < 1.29 is 41.0 Å². The second-order valence-electron chi connectivity index (χ2n) is 7.86. The molecule has 35 heavy (non-hydrogen) atoms. The van der Waals surface area contributed by atoms with Crippen molar-refractivity contribution in [2.24, 2.45) is 0 Å². The highest BCUT2D eigenvalue weighted by molar-refractivity contribution is 5.67. The maximum Gasteiger partial charge on any atom is 0.522 e. The maximum atomic E-state index is 14.8. The Morgan fingerprint density at radius 3 is 2.89 bits per heavy atom. The molecule has 0 bridgehead atoms. The molecule has 11 nitrogen and oxygen atoms in total. The summed E-state index contributed by atoms with van der Waals surface area (Å²) < 4.78 is 81.1. The van der Waals surface area contributed by atoms with Gasteiger partial charge in [0.2, 0.25) is 5.95 Å². The van der Waals surface area contributed by atoms with Crippen molar-refractivity contribution in [2.75, 3.05) is 11.9 Å². The van der Waals surface area contributed by atoms with Crippen LogP contribution in [-0.2, 0) is 20.8 Å². The number of hydrogen-bond acceptors (Lipinski definition) is 8. The predicted molar refractivity (Wildman–Crippen MR) is 108 cm³/mol. The quantitative estimate of drug-likeness (QED) is 0.418. The molecule has 0 aliphatic carbocycles. The summed E-state index contributed by atoms with van der Waals surface area (Å²) in [6, 6.07) is 1.21. The Bertz CT molecular complexity index is 1200. The number of aromatic nitrogens is 5. The number of nitrogens with one attached hydrogen (secondary N) is 3. The zero-order valence-electron chi connectivity index (χ0n) is 18.3. The zero-order valence-corrected chi connectivity index (χ0v) is 18.3. The SMILES string of the molecule is CC(C)NC(=O)O[C@H]1CO[C@@H](c2cc(Nc3ncc(F)c4nc(COC(F)(F)F)cn34)n[nH]2)[C@H]1F. The van der Waals surface area contributed by atoms with Gasteiger partial charge in [-0.2, -0.15) is 5.10 Å². The van der Waals surface area contributed by atoms with Gasteiger partial charge in [0.25, 0.3) is 0 Å². The zero-order chi connectivity index (χ0) is 25.3. The van der Waals surface area contributed by atoms with E-state index in [9.17, 15) is 26.7 Å². The fourth-order valence-electron chi connectivity index (χ4n) is 3.32. The van der Waals surface area contributed by atoms with E-state index in [4.69, 9.17) is 9.47 Å². The molecule has 1 saturated heterocycles. The summed E-state index contributed by atoms with van der Waals surface area (Å²) in [4.78, 5) is 19.4. The number of alkyl halides is 4. The minimum absolute atomic E-state index is 0.0269. The molecule has 1 fully saturated rings. The van der Waals surface area contributed by atoms with Crippen molar-refractivity contribution in [2.45, 2.75) is 51.2 Å². The van der Waals surface area contributed by atoms with Crippen LogP contribution < -0.4 is 10.6 Å². The lowest BCUT2D eigenvalue weighted by Crippen LogP contribution is -2.36. The van der Waals surface area contributed by atoms with E-state index in [1.54, 1.807) is 13.8 Å². The molecule has 3 aromatic rings. The van der Waals surface area contributed by atoms with Crippen LogP contribution in [0, 0.1) is 5.82 Å². The topological polar surface area (TPSA) is 128 Å². The lowest BCUT2D eigenvalue weighted by molar-refractivity contribution is -0.330. The third kappa shape index (κ3) is 5.76. The van der Waals surface area contributed by atoms with Gasteiger partial charge in [-0.3, -0.25) is 14.2 Å². The Morgan fingerprint density at radius 1 is 1.40 bits per heavy atom. The number of imidazole rings is 1. The first kappa shape index (κ1) is 24.6. The van der Waals surface area contributed by atoms with Crippen LogP contribution in [-0.4, -0.2) is 61.9 Å². The van der Waals surface area contributed by atoms with Crippen LogP contribution >= 0.6 is 0 Å². The third-order valence-electron chi connectivity index (χ3n) is 4.77. The van der Waals surface area contributed by atoms with Gasteiger partial charge in [-0.15, -0.1) is 13.2 Å². The minimum atomic E-state index is -4.88. The highest BCUT2D eigenvalue weighted by atomic mass is 19.4. The number of anilines is 2. The number of aromatic amines is 1. The lowest BCUT2D eigenvalue weighted by atomic mass is 10.1. The number of fused-ring (bicyclic) bond motifs is 1. The number of halogens is 5. The van der Waals surface area contributed by atoms with Crippen LogP contribution in [0.4, 0.5) is 38.5 Å². The molecule has 4 heterocycles. The fraction of sp³-hybridized carbons (Fsp3) is 0.474. The number of hydrogen-bond donors (Lipinski definition) is 3. The molecule has 0 unspecified atom stereocenters. The van der Waals surface area contributed by atoms with Crippen molar-refractivity contribution in [1.82, 2.24) is 29.9 Å². The van der Waals surface area contributed by atoms with E-state index in [0.717, 1.165) is 16.8 Å². The summed E-state index contributed by atoms with van der Waals surface area (Å²) in [5, 5.41) is 11.8. The van der Waals surface area contributed by atoms with Crippen LogP contribution in [0.2, 0.25) is 0 Å². The van der Waals surface area contributed by atoms with Gasteiger partial charge < -0.3 is 20.1 Å². The molecule has 190 valence electrons. The van der Waals surface area contributed by atoms with Gasteiger partial charge in [-0.25, -0.2) is 23.5 Å². The smallest absolute Gasteiger partial charge is 0.441 e. The molecule has 3 aromatic heterocycles.